The Morgan fingerprint density at radius 3 is 2.88 bits per heavy atom. The third kappa shape index (κ3) is 3.65. The molecular formula is C19H27N5O2. The minimum absolute atomic E-state index is 0.129. The SMILES string of the molecule is COCc1nc([C@H]2CC[C@@H](O)[C@H](NC3CCC3)C2)n(-c2cccnc2)n1. The van der Waals surface area contributed by atoms with Crippen LogP contribution >= 0.6 is 0 Å². The van der Waals surface area contributed by atoms with E-state index in [2.05, 4.69) is 15.4 Å². The molecule has 2 fully saturated rings. The van der Waals surface area contributed by atoms with Crippen molar-refractivity contribution in [3.8, 4) is 5.69 Å². The van der Waals surface area contributed by atoms with E-state index < -0.39 is 0 Å². The van der Waals surface area contributed by atoms with Gasteiger partial charge in [-0.3, -0.25) is 4.98 Å². The Kier molecular flexibility index (Phi) is 5.28. The molecule has 0 spiro atoms. The van der Waals surface area contributed by atoms with Crippen LogP contribution in [0.1, 0.15) is 56.1 Å². The van der Waals surface area contributed by atoms with Gasteiger partial charge in [-0.15, -0.1) is 5.10 Å². The topological polar surface area (TPSA) is 85.1 Å². The fourth-order valence-corrected chi connectivity index (χ4v) is 3.94. The van der Waals surface area contributed by atoms with Crippen LogP contribution in [0.2, 0.25) is 0 Å². The molecule has 2 aliphatic carbocycles. The number of hydrogen-bond donors (Lipinski definition) is 2. The average Bonchev–Trinajstić information content (AvgIpc) is 3.04. The Hall–Kier alpha value is -1.83. The van der Waals surface area contributed by atoms with Gasteiger partial charge in [0, 0.05) is 31.3 Å². The van der Waals surface area contributed by atoms with E-state index in [9.17, 15) is 5.11 Å². The standard InChI is InChI=1S/C19H27N5O2/c1-26-12-18-22-19(24(23-18)15-6-3-9-20-11-15)13-7-8-17(25)16(10-13)21-14-4-2-5-14/h3,6,9,11,13-14,16-17,21,25H,2,4-5,7-8,10,12H2,1H3/t13-,16+,17+/m0/s1. The molecule has 26 heavy (non-hydrogen) atoms. The lowest BCUT2D eigenvalue weighted by atomic mass is 9.81. The number of ether oxygens (including phenoxy) is 1. The zero-order chi connectivity index (χ0) is 17.9. The van der Waals surface area contributed by atoms with Gasteiger partial charge in [0.2, 0.25) is 0 Å². The summed E-state index contributed by atoms with van der Waals surface area (Å²) >= 11 is 0. The van der Waals surface area contributed by atoms with Crippen molar-refractivity contribution in [2.75, 3.05) is 7.11 Å². The maximum atomic E-state index is 10.4. The van der Waals surface area contributed by atoms with Crippen LogP contribution in [0.15, 0.2) is 24.5 Å². The van der Waals surface area contributed by atoms with Crippen LogP contribution in [0.25, 0.3) is 5.69 Å². The highest BCUT2D eigenvalue weighted by Crippen LogP contribution is 2.34. The molecule has 0 unspecified atom stereocenters. The van der Waals surface area contributed by atoms with E-state index in [0.717, 1.165) is 30.8 Å². The Balaban J connectivity index is 1.59. The Labute approximate surface area is 153 Å². The van der Waals surface area contributed by atoms with Gasteiger partial charge in [0.05, 0.1) is 18.0 Å². The molecule has 4 rings (SSSR count). The van der Waals surface area contributed by atoms with Crippen LogP contribution in [-0.4, -0.2) is 50.2 Å². The highest BCUT2D eigenvalue weighted by atomic mass is 16.5. The van der Waals surface area contributed by atoms with E-state index in [1.54, 1.807) is 19.5 Å². The third-order valence-electron chi connectivity index (χ3n) is 5.57. The second kappa shape index (κ2) is 7.82. The van der Waals surface area contributed by atoms with Gasteiger partial charge in [0.25, 0.3) is 0 Å². The van der Waals surface area contributed by atoms with Gasteiger partial charge in [0.1, 0.15) is 12.4 Å². The van der Waals surface area contributed by atoms with E-state index in [-0.39, 0.29) is 18.1 Å². The molecule has 2 saturated carbocycles. The van der Waals surface area contributed by atoms with Gasteiger partial charge in [-0.1, -0.05) is 6.42 Å². The summed E-state index contributed by atoms with van der Waals surface area (Å²) in [6, 6.07) is 4.59. The Bertz CT molecular complexity index is 716. The number of pyridine rings is 1. The third-order valence-corrected chi connectivity index (χ3v) is 5.57. The number of nitrogens with one attached hydrogen (secondary N) is 1. The molecule has 0 aliphatic heterocycles. The quantitative estimate of drug-likeness (QED) is 0.822. The predicted octanol–water partition coefficient (Wildman–Crippen LogP) is 1.95. The lowest BCUT2D eigenvalue weighted by molar-refractivity contribution is 0.0691. The highest BCUT2D eigenvalue weighted by Gasteiger charge is 2.35. The molecule has 2 heterocycles. The van der Waals surface area contributed by atoms with Gasteiger partial charge in [-0.05, 0) is 44.2 Å². The summed E-state index contributed by atoms with van der Waals surface area (Å²) in [5.74, 6) is 1.88. The first-order chi connectivity index (χ1) is 12.7. The first-order valence-corrected chi connectivity index (χ1v) is 9.54. The van der Waals surface area contributed by atoms with E-state index in [0.29, 0.717) is 18.5 Å². The predicted molar refractivity (Wildman–Crippen MR) is 97.0 cm³/mol. The van der Waals surface area contributed by atoms with Crippen molar-refractivity contribution in [1.29, 1.82) is 0 Å². The lowest BCUT2D eigenvalue weighted by Gasteiger charge is -2.38. The highest BCUT2D eigenvalue weighted by molar-refractivity contribution is 5.29. The molecule has 0 bridgehead atoms. The minimum atomic E-state index is -0.278. The largest absolute Gasteiger partial charge is 0.392 e. The monoisotopic (exact) mass is 357 g/mol. The molecular weight excluding hydrogens is 330 g/mol. The summed E-state index contributed by atoms with van der Waals surface area (Å²) in [5.41, 5.74) is 0.909. The Morgan fingerprint density at radius 2 is 2.19 bits per heavy atom. The molecule has 2 aliphatic rings. The molecule has 0 amide bonds. The zero-order valence-electron chi connectivity index (χ0n) is 15.2. The van der Waals surface area contributed by atoms with Gasteiger partial charge < -0.3 is 15.2 Å². The molecule has 2 N–H and O–H groups in total. The van der Waals surface area contributed by atoms with Gasteiger partial charge >= 0.3 is 0 Å². The van der Waals surface area contributed by atoms with Gasteiger partial charge in [-0.2, -0.15) is 0 Å². The van der Waals surface area contributed by atoms with Crippen molar-refractivity contribution in [2.24, 2.45) is 0 Å². The number of hydrogen-bond acceptors (Lipinski definition) is 6. The van der Waals surface area contributed by atoms with Crippen LogP contribution in [0.4, 0.5) is 0 Å². The maximum Gasteiger partial charge on any atom is 0.176 e. The number of aromatic nitrogens is 4. The van der Waals surface area contributed by atoms with Gasteiger partial charge in [0.15, 0.2) is 5.82 Å². The number of methoxy groups -OCH3 is 1. The van der Waals surface area contributed by atoms with Crippen molar-refractivity contribution < 1.29 is 9.84 Å². The second-order valence-corrected chi connectivity index (χ2v) is 7.42. The van der Waals surface area contributed by atoms with Crippen molar-refractivity contribution in [1.82, 2.24) is 25.1 Å². The van der Waals surface area contributed by atoms with Crippen molar-refractivity contribution in [3.05, 3.63) is 36.2 Å². The molecule has 3 atom stereocenters. The summed E-state index contributed by atoms with van der Waals surface area (Å²) < 4.78 is 7.12. The summed E-state index contributed by atoms with van der Waals surface area (Å²) in [4.78, 5) is 8.98. The molecule has 2 aromatic rings. The fraction of sp³-hybridized carbons (Fsp3) is 0.632. The molecule has 2 aromatic heterocycles. The minimum Gasteiger partial charge on any atom is -0.392 e. The van der Waals surface area contributed by atoms with Crippen LogP contribution in [0.3, 0.4) is 0 Å². The number of aliphatic hydroxyl groups is 1. The van der Waals surface area contributed by atoms with E-state index in [1.807, 2.05) is 16.8 Å². The zero-order valence-corrected chi connectivity index (χ0v) is 15.2. The van der Waals surface area contributed by atoms with Crippen LogP contribution in [-0.2, 0) is 11.3 Å². The van der Waals surface area contributed by atoms with Crippen molar-refractivity contribution in [2.45, 2.75) is 69.2 Å². The number of nitrogens with zero attached hydrogens (tertiary/aromatic N) is 4. The molecule has 0 aromatic carbocycles. The van der Waals surface area contributed by atoms with Crippen LogP contribution in [0, 0.1) is 0 Å². The smallest absolute Gasteiger partial charge is 0.176 e. The lowest BCUT2D eigenvalue weighted by Crippen LogP contribution is -2.50. The molecule has 140 valence electrons. The normalized spacial score (nSPS) is 26.6. The summed E-state index contributed by atoms with van der Waals surface area (Å²) in [6.07, 6.45) is 9.59. The first-order valence-electron chi connectivity index (χ1n) is 9.54. The summed E-state index contributed by atoms with van der Waals surface area (Å²) in [5, 5.41) is 18.7. The molecule has 0 radical (unpaired) electrons. The number of rotatable bonds is 6. The van der Waals surface area contributed by atoms with Gasteiger partial charge in [-0.25, -0.2) is 9.67 Å². The molecule has 7 heteroatoms. The summed E-state index contributed by atoms with van der Waals surface area (Å²) in [6.45, 7) is 0.388. The van der Waals surface area contributed by atoms with E-state index in [1.165, 1.54) is 19.3 Å². The first kappa shape index (κ1) is 17.6. The summed E-state index contributed by atoms with van der Waals surface area (Å²) in [7, 11) is 1.65. The van der Waals surface area contributed by atoms with Crippen LogP contribution in [0.5, 0.6) is 0 Å². The Morgan fingerprint density at radius 1 is 1.31 bits per heavy atom. The number of aliphatic hydroxyl groups excluding tert-OH is 1. The fourth-order valence-electron chi connectivity index (χ4n) is 3.94. The second-order valence-electron chi connectivity index (χ2n) is 7.42. The maximum absolute atomic E-state index is 10.4. The van der Waals surface area contributed by atoms with Crippen molar-refractivity contribution in [3.63, 3.8) is 0 Å². The van der Waals surface area contributed by atoms with Crippen molar-refractivity contribution >= 4 is 0 Å². The average molecular weight is 357 g/mol. The molecule has 0 saturated heterocycles. The van der Waals surface area contributed by atoms with E-state index >= 15 is 0 Å². The molecule has 7 nitrogen and oxygen atoms in total. The van der Waals surface area contributed by atoms with E-state index in [4.69, 9.17) is 9.72 Å². The van der Waals surface area contributed by atoms with Crippen LogP contribution < -0.4 is 5.32 Å².